The zero-order chi connectivity index (χ0) is 25.0. The van der Waals surface area contributed by atoms with Gasteiger partial charge in [0.25, 0.3) is 0 Å². The number of hydrogen-bond donors (Lipinski definition) is 3. The van der Waals surface area contributed by atoms with Crippen LogP contribution in [0.5, 0.6) is 5.88 Å². The second-order valence-electron chi connectivity index (χ2n) is 8.44. The van der Waals surface area contributed by atoms with Gasteiger partial charge in [-0.2, -0.15) is 0 Å². The van der Waals surface area contributed by atoms with Crippen LogP contribution in [0.1, 0.15) is 35.7 Å². The van der Waals surface area contributed by atoms with Crippen LogP contribution in [0.15, 0.2) is 47.5 Å². The molecular weight excluding hydrogens is 454 g/mol. The number of fused-ring (bicyclic) bond motifs is 1. The Morgan fingerprint density at radius 1 is 1.12 bits per heavy atom. The van der Waals surface area contributed by atoms with Crippen molar-refractivity contribution >= 4 is 43.9 Å². The average molecular weight is 486 g/mol. The van der Waals surface area contributed by atoms with Gasteiger partial charge in [-0.3, -0.25) is 14.1 Å². The van der Waals surface area contributed by atoms with Crippen LogP contribution in [-0.2, 0) is 10.0 Å². The number of aromatic nitrogens is 1. The SMILES string of the molecule is CCCC(=Nc1ccc(N(CCN(C)C)S(C)(=O)=O)cc1)c1c(O)[nH]c2cc(C(N)=O)ccc12. The Labute approximate surface area is 200 Å². The molecular formula is C24H31N5O4S. The molecule has 0 unspecified atom stereocenters. The van der Waals surface area contributed by atoms with Crippen molar-refractivity contribution in [3.05, 3.63) is 53.6 Å². The van der Waals surface area contributed by atoms with E-state index in [1.165, 1.54) is 10.6 Å². The molecule has 2 aromatic carbocycles. The van der Waals surface area contributed by atoms with Crippen LogP contribution in [0.25, 0.3) is 10.9 Å². The van der Waals surface area contributed by atoms with Crippen molar-refractivity contribution < 1.29 is 18.3 Å². The summed E-state index contributed by atoms with van der Waals surface area (Å²) in [5.41, 5.74) is 8.75. The molecule has 0 saturated carbocycles. The third kappa shape index (κ3) is 5.75. The summed E-state index contributed by atoms with van der Waals surface area (Å²) in [5, 5.41) is 11.4. The number of likely N-dealkylation sites (N-methyl/N-ethyl adjacent to an activating group) is 1. The largest absolute Gasteiger partial charge is 0.494 e. The molecule has 0 fully saturated rings. The number of anilines is 1. The van der Waals surface area contributed by atoms with Crippen LogP contribution in [0.4, 0.5) is 11.4 Å². The second kappa shape index (κ2) is 10.3. The highest BCUT2D eigenvalue weighted by atomic mass is 32.2. The molecule has 0 saturated heterocycles. The topological polar surface area (TPSA) is 132 Å². The lowest BCUT2D eigenvalue weighted by Gasteiger charge is -2.24. The summed E-state index contributed by atoms with van der Waals surface area (Å²) < 4.78 is 26.0. The quantitative estimate of drug-likeness (QED) is 0.379. The highest BCUT2D eigenvalue weighted by Crippen LogP contribution is 2.31. The fourth-order valence-corrected chi connectivity index (χ4v) is 4.65. The number of hydrogen-bond acceptors (Lipinski definition) is 6. The van der Waals surface area contributed by atoms with Crippen LogP contribution < -0.4 is 10.0 Å². The highest BCUT2D eigenvalue weighted by Gasteiger charge is 2.19. The first kappa shape index (κ1) is 25.3. The van der Waals surface area contributed by atoms with Gasteiger partial charge in [-0.05, 0) is 56.9 Å². The van der Waals surface area contributed by atoms with Crippen molar-refractivity contribution in [1.82, 2.24) is 9.88 Å². The van der Waals surface area contributed by atoms with Crippen molar-refractivity contribution in [2.75, 3.05) is 37.7 Å². The van der Waals surface area contributed by atoms with Crippen LogP contribution in [0.2, 0.25) is 0 Å². The van der Waals surface area contributed by atoms with Gasteiger partial charge >= 0.3 is 0 Å². The monoisotopic (exact) mass is 485 g/mol. The Kier molecular flexibility index (Phi) is 7.63. The summed E-state index contributed by atoms with van der Waals surface area (Å²) in [5.74, 6) is -0.582. The third-order valence-corrected chi connectivity index (χ3v) is 6.59. The first-order valence-electron chi connectivity index (χ1n) is 11.0. The molecule has 4 N–H and O–H groups in total. The van der Waals surface area contributed by atoms with E-state index in [1.54, 1.807) is 42.5 Å². The standard InChI is InChI=1S/C24H31N5O4S/c1-5-6-20(22-19-12-7-16(23(25)30)15-21(19)27-24(22)31)26-17-8-10-18(11-9-17)29(34(4,32)33)14-13-28(2)3/h7-12,15,27,31H,5-6,13-14H2,1-4H3,(H2,25,30). The van der Waals surface area contributed by atoms with Crippen LogP contribution in [0.3, 0.4) is 0 Å². The first-order chi connectivity index (χ1) is 16.0. The van der Waals surface area contributed by atoms with E-state index >= 15 is 0 Å². The van der Waals surface area contributed by atoms with Gasteiger partial charge in [0.2, 0.25) is 15.9 Å². The molecule has 0 aliphatic rings. The summed E-state index contributed by atoms with van der Waals surface area (Å²) >= 11 is 0. The maximum absolute atomic E-state index is 12.3. The van der Waals surface area contributed by atoms with Crippen molar-refractivity contribution in [3.63, 3.8) is 0 Å². The number of aromatic hydroxyl groups is 1. The van der Waals surface area contributed by atoms with Gasteiger partial charge in [0.1, 0.15) is 0 Å². The molecule has 0 radical (unpaired) electrons. The lowest BCUT2D eigenvalue weighted by molar-refractivity contribution is 0.100. The van der Waals surface area contributed by atoms with Gasteiger partial charge in [-0.1, -0.05) is 19.4 Å². The highest BCUT2D eigenvalue weighted by molar-refractivity contribution is 7.92. The minimum Gasteiger partial charge on any atom is -0.494 e. The molecule has 9 nitrogen and oxygen atoms in total. The Bertz CT molecular complexity index is 1310. The predicted octanol–water partition coefficient (Wildman–Crippen LogP) is 3.22. The summed E-state index contributed by atoms with van der Waals surface area (Å²) in [6.45, 7) is 2.95. The molecule has 1 heterocycles. The molecule has 3 aromatic rings. The zero-order valence-electron chi connectivity index (χ0n) is 19.9. The Hall–Kier alpha value is -3.37. The lowest BCUT2D eigenvalue weighted by Crippen LogP contribution is -2.35. The number of carbonyl (C=O) groups is 1. The van der Waals surface area contributed by atoms with E-state index in [0.29, 0.717) is 53.2 Å². The Morgan fingerprint density at radius 2 is 1.79 bits per heavy atom. The number of aliphatic imine (C=N–C) groups is 1. The smallest absolute Gasteiger partial charge is 0.248 e. The average Bonchev–Trinajstić information content (AvgIpc) is 3.08. The number of nitrogens with zero attached hydrogens (tertiary/aromatic N) is 3. The fraction of sp³-hybridized carbons (Fsp3) is 0.333. The number of nitrogens with two attached hydrogens (primary N) is 1. The third-order valence-electron chi connectivity index (χ3n) is 5.39. The molecule has 10 heteroatoms. The zero-order valence-corrected chi connectivity index (χ0v) is 20.7. The molecule has 0 aliphatic carbocycles. The molecule has 182 valence electrons. The van der Waals surface area contributed by atoms with Gasteiger partial charge < -0.3 is 20.7 Å². The number of sulfonamides is 1. The normalized spacial score (nSPS) is 12.4. The van der Waals surface area contributed by atoms with Gasteiger partial charge in [-0.25, -0.2) is 8.42 Å². The Balaban J connectivity index is 1.99. The van der Waals surface area contributed by atoms with E-state index in [9.17, 15) is 18.3 Å². The molecule has 1 aromatic heterocycles. The van der Waals surface area contributed by atoms with E-state index in [-0.39, 0.29) is 5.88 Å². The summed E-state index contributed by atoms with van der Waals surface area (Å²) in [4.78, 5) is 21.1. The molecule has 3 rings (SSSR count). The number of aromatic amines is 1. The number of H-pyrrole nitrogens is 1. The molecule has 0 bridgehead atoms. The van der Waals surface area contributed by atoms with Crippen molar-refractivity contribution in [1.29, 1.82) is 0 Å². The summed E-state index contributed by atoms with van der Waals surface area (Å²) in [6, 6.07) is 11.9. The van der Waals surface area contributed by atoms with Gasteiger partial charge in [0.05, 0.1) is 28.9 Å². The number of nitrogens with one attached hydrogen (secondary N) is 1. The van der Waals surface area contributed by atoms with Gasteiger partial charge in [-0.15, -0.1) is 0 Å². The maximum Gasteiger partial charge on any atom is 0.248 e. The maximum atomic E-state index is 12.3. The lowest BCUT2D eigenvalue weighted by atomic mass is 10.0. The number of primary amides is 1. The minimum atomic E-state index is -3.43. The molecule has 34 heavy (non-hydrogen) atoms. The molecule has 0 aliphatic heterocycles. The fourth-order valence-electron chi connectivity index (χ4n) is 3.73. The summed E-state index contributed by atoms with van der Waals surface area (Å²) in [7, 11) is 0.350. The minimum absolute atomic E-state index is 0.0348. The Morgan fingerprint density at radius 3 is 2.35 bits per heavy atom. The second-order valence-corrected chi connectivity index (χ2v) is 10.3. The first-order valence-corrected chi connectivity index (χ1v) is 12.8. The molecule has 0 spiro atoms. The predicted molar refractivity (Wildman–Crippen MR) is 137 cm³/mol. The number of rotatable bonds is 10. The van der Waals surface area contributed by atoms with E-state index in [0.717, 1.165) is 11.8 Å². The van der Waals surface area contributed by atoms with Crippen LogP contribution in [-0.4, -0.2) is 68.5 Å². The van der Waals surface area contributed by atoms with Crippen molar-refractivity contribution in [2.24, 2.45) is 10.7 Å². The molecule has 0 atom stereocenters. The van der Waals surface area contributed by atoms with Crippen LogP contribution >= 0.6 is 0 Å². The number of benzene rings is 2. The van der Waals surface area contributed by atoms with E-state index in [4.69, 9.17) is 10.7 Å². The van der Waals surface area contributed by atoms with E-state index in [1.807, 2.05) is 25.9 Å². The molecule has 1 amide bonds. The van der Waals surface area contributed by atoms with Gasteiger partial charge in [0, 0.05) is 29.6 Å². The number of amides is 1. The van der Waals surface area contributed by atoms with E-state index < -0.39 is 15.9 Å². The van der Waals surface area contributed by atoms with Crippen LogP contribution in [0, 0.1) is 0 Å². The summed E-state index contributed by atoms with van der Waals surface area (Å²) in [6.07, 6.45) is 2.60. The van der Waals surface area contributed by atoms with E-state index in [2.05, 4.69) is 4.98 Å². The van der Waals surface area contributed by atoms with Crippen molar-refractivity contribution in [3.8, 4) is 5.88 Å². The van der Waals surface area contributed by atoms with Crippen molar-refractivity contribution in [2.45, 2.75) is 19.8 Å². The van der Waals surface area contributed by atoms with Gasteiger partial charge in [0.15, 0.2) is 5.88 Å². The number of carbonyl (C=O) groups excluding carboxylic acids is 1.